The Balaban J connectivity index is 1.33. The zero-order valence-electron chi connectivity index (χ0n) is 26.5. The highest BCUT2D eigenvalue weighted by Crippen LogP contribution is 2.37. The zero-order chi connectivity index (χ0) is 34.6. The molecule has 0 radical (unpaired) electrons. The number of hydrogen-bond acceptors (Lipinski definition) is 14. The number of aliphatic hydroxyl groups is 1. The van der Waals surface area contributed by atoms with Gasteiger partial charge >= 0.3 is 12.2 Å². The summed E-state index contributed by atoms with van der Waals surface area (Å²) in [7, 11) is -2.26. The number of aliphatic hydroxyl groups excluding tert-OH is 1. The van der Waals surface area contributed by atoms with Crippen molar-refractivity contribution in [1.29, 1.82) is 0 Å². The summed E-state index contributed by atoms with van der Waals surface area (Å²) in [6.45, 7) is 3.60. The van der Waals surface area contributed by atoms with Crippen molar-refractivity contribution in [2.75, 3.05) is 23.6 Å². The third-order valence-corrected chi connectivity index (χ3v) is 8.65. The van der Waals surface area contributed by atoms with Crippen LogP contribution in [-0.2, 0) is 20.8 Å². The van der Waals surface area contributed by atoms with Gasteiger partial charge in [0.15, 0.2) is 15.7 Å². The number of sulfone groups is 1. The molecule has 14 nitrogen and oxygen atoms in total. The van der Waals surface area contributed by atoms with Crippen LogP contribution < -0.4 is 15.0 Å². The van der Waals surface area contributed by atoms with Crippen LogP contribution in [0.25, 0.3) is 22.5 Å². The van der Waals surface area contributed by atoms with Gasteiger partial charge in [-0.1, -0.05) is 0 Å². The van der Waals surface area contributed by atoms with E-state index >= 15 is 0 Å². The van der Waals surface area contributed by atoms with Crippen LogP contribution in [0.15, 0.2) is 54.3 Å². The van der Waals surface area contributed by atoms with Crippen LogP contribution >= 0.6 is 0 Å². The molecule has 4 aromatic heterocycles. The number of aromatic nitrogens is 7. The first-order valence-corrected chi connectivity index (χ1v) is 16.8. The average Bonchev–Trinajstić information content (AvgIpc) is 3.05. The summed E-state index contributed by atoms with van der Waals surface area (Å²) in [5.74, 6) is 0.341. The number of rotatable bonds is 11. The van der Waals surface area contributed by atoms with E-state index in [0.29, 0.717) is 49.0 Å². The number of nitrogens with one attached hydrogen (secondary N) is 1. The van der Waals surface area contributed by atoms with Gasteiger partial charge in [-0.3, -0.25) is 9.97 Å². The molecule has 1 aliphatic carbocycles. The number of nitrogens with zero attached hydrogens (tertiary/aromatic N) is 8. The minimum absolute atomic E-state index is 0.0461. The van der Waals surface area contributed by atoms with Crippen molar-refractivity contribution in [3.63, 3.8) is 0 Å². The minimum atomic E-state index is -4.79. The van der Waals surface area contributed by atoms with Crippen LogP contribution in [0.4, 0.5) is 24.9 Å². The smallest absolute Gasteiger partial charge is 0.419 e. The van der Waals surface area contributed by atoms with Gasteiger partial charge in [0, 0.05) is 60.5 Å². The molecule has 1 unspecified atom stereocenters. The van der Waals surface area contributed by atoms with Gasteiger partial charge in [0.05, 0.1) is 41.9 Å². The van der Waals surface area contributed by atoms with Crippen LogP contribution in [0.5, 0.6) is 6.01 Å². The maximum absolute atomic E-state index is 13.9. The van der Waals surface area contributed by atoms with Gasteiger partial charge in [-0.25, -0.2) is 33.3 Å². The van der Waals surface area contributed by atoms with E-state index in [0.717, 1.165) is 24.7 Å². The molecule has 4 aromatic rings. The predicted octanol–water partition coefficient (Wildman–Crippen LogP) is 4.15. The second kappa shape index (κ2) is 14.3. The first kappa shape index (κ1) is 34.8. The van der Waals surface area contributed by atoms with E-state index in [1.54, 1.807) is 37.3 Å². The summed E-state index contributed by atoms with van der Waals surface area (Å²) < 4.78 is 76.5. The van der Waals surface area contributed by atoms with Crippen LogP contribution in [0.1, 0.15) is 45.1 Å². The van der Waals surface area contributed by atoms with Gasteiger partial charge < -0.3 is 24.8 Å². The molecule has 18 heteroatoms. The summed E-state index contributed by atoms with van der Waals surface area (Å²) in [5.41, 5.74) is -0.579. The third kappa shape index (κ3) is 8.29. The van der Waals surface area contributed by atoms with Gasteiger partial charge in [-0.2, -0.15) is 13.2 Å². The quantitative estimate of drug-likeness (QED) is 0.215. The largest absolute Gasteiger partial charge is 0.467 e. The number of halogens is 3. The molecule has 1 aliphatic rings. The Morgan fingerprint density at radius 2 is 1.65 bits per heavy atom. The highest BCUT2D eigenvalue weighted by Gasteiger charge is 2.36. The molecule has 1 fully saturated rings. The van der Waals surface area contributed by atoms with Crippen molar-refractivity contribution in [3.8, 4) is 28.5 Å². The Morgan fingerprint density at radius 1 is 0.938 bits per heavy atom. The molecule has 2 N–H and O–H groups in total. The number of anilines is 2. The van der Waals surface area contributed by atoms with Gasteiger partial charge in [0.1, 0.15) is 5.56 Å². The van der Waals surface area contributed by atoms with E-state index in [4.69, 9.17) is 9.47 Å². The van der Waals surface area contributed by atoms with Crippen LogP contribution in [0, 0.1) is 0 Å². The normalized spacial score (nSPS) is 17.6. The van der Waals surface area contributed by atoms with E-state index < -0.39 is 33.7 Å². The number of pyridine rings is 1. The first-order valence-electron chi connectivity index (χ1n) is 14.9. The Bertz CT molecular complexity index is 1810. The third-order valence-electron chi connectivity index (χ3n) is 7.57. The van der Waals surface area contributed by atoms with E-state index in [1.807, 2.05) is 0 Å². The fourth-order valence-electron chi connectivity index (χ4n) is 5.26. The highest BCUT2D eigenvalue weighted by molar-refractivity contribution is 7.90. The number of alkyl halides is 3. The minimum Gasteiger partial charge on any atom is -0.467 e. The summed E-state index contributed by atoms with van der Waals surface area (Å²) in [6, 6.07) is 0.902. The molecule has 1 saturated carbocycles. The van der Waals surface area contributed by atoms with Gasteiger partial charge in [-0.15, -0.1) is 0 Å². The van der Waals surface area contributed by atoms with Gasteiger partial charge in [0.25, 0.3) is 0 Å². The summed E-state index contributed by atoms with van der Waals surface area (Å²) in [6.07, 6.45) is 5.81. The molecule has 0 saturated heterocycles. The Kier molecular flexibility index (Phi) is 10.4. The van der Waals surface area contributed by atoms with Crippen molar-refractivity contribution < 1.29 is 36.2 Å². The zero-order valence-corrected chi connectivity index (χ0v) is 27.3. The summed E-state index contributed by atoms with van der Waals surface area (Å²) in [5, 5.41) is 14.2. The lowest BCUT2D eigenvalue weighted by atomic mass is 9.90. The standard InChI is InChI=1S/C30H34F3N9O5S/c1-17(2)47-29(43)42(25-16-35-24(15-36-25)19-11-38-28(46-3)39-12-19)21-7-5-20(6-8-21)40-27-37-14-23(30(31,32)33)26(41-27)18-9-22(13-34-10-18)48(4,44)45/h9-17,20-21,29,43H,5-8H2,1-4H3,(H,37,40,41). The lowest BCUT2D eigenvalue weighted by Gasteiger charge is -2.40. The fraction of sp³-hybridized carbons (Fsp3) is 0.433. The summed E-state index contributed by atoms with van der Waals surface area (Å²) in [4.78, 5) is 30.5. The maximum atomic E-state index is 13.9. The van der Waals surface area contributed by atoms with Crippen molar-refractivity contribution >= 4 is 21.6 Å². The molecule has 4 heterocycles. The number of ether oxygens (including phenoxy) is 2. The van der Waals surface area contributed by atoms with Crippen LogP contribution in [0.2, 0.25) is 0 Å². The molecule has 256 valence electrons. The molecule has 1 atom stereocenters. The maximum Gasteiger partial charge on any atom is 0.419 e. The van der Waals surface area contributed by atoms with Crippen molar-refractivity contribution in [1.82, 2.24) is 34.9 Å². The van der Waals surface area contributed by atoms with E-state index in [2.05, 4.69) is 40.2 Å². The SMILES string of the molecule is COc1ncc(-c2cnc(N(C3CCC(Nc4ncc(C(F)(F)F)c(-c5cncc(S(C)(=O)=O)c5)n4)CC3)C(O)OC(C)C)cn2)cn1. The molecule has 0 spiro atoms. The Morgan fingerprint density at radius 3 is 2.23 bits per heavy atom. The Labute approximate surface area is 274 Å². The van der Waals surface area contributed by atoms with Crippen molar-refractivity contribution in [2.24, 2.45) is 0 Å². The summed E-state index contributed by atoms with van der Waals surface area (Å²) >= 11 is 0. The second-order valence-corrected chi connectivity index (χ2v) is 13.4. The molecule has 0 bridgehead atoms. The number of methoxy groups -OCH3 is 1. The molecule has 0 aromatic carbocycles. The van der Waals surface area contributed by atoms with E-state index in [-0.39, 0.29) is 40.6 Å². The lowest BCUT2D eigenvalue weighted by molar-refractivity contribution is -0.137. The topological polar surface area (TPSA) is 178 Å². The predicted molar refractivity (Wildman–Crippen MR) is 167 cm³/mol. The van der Waals surface area contributed by atoms with E-state index in [1.165, 1.54) is 13.3 Å². The Hall–Kier alpha value is -4.55. The fourth-order valence-corrected chi connectivity index (χ4v) is 5.85. The molecular weight excluding hydrogens is 655 g/mol. The number of hydrogen-bond donors (Lipinski definition) is 2. The molecule has 0 amide bonds. The second-order valence-electron chi connectivity index (χ2n) is 11.4. The van der Waals surface area contributed by atoms with Crippen molar-refractivity contribution in [3.05, 3.63) is 55.0 Å². The molecular formula is C30H34F3N9O5S. The first-order chi connectivity index (χ1) is 22.7. The average molecular weight is 690 g/mol. The monoisotopic (exact) mass is 689 g/mol. The molecule has 0 aliphatic heterocycles. The highest BCUT2D eigenvalue weighted by atomic mass is 32.2. The molecule has 48 heavy (non-hydrogen) atoms. The van der Waals surface area contributed by atoms with Crippen LogP contribution in [-0.4, -0.2) is 86.4 Å². The van der Waals surface area contributed by atoms with Gasteiger partial charge in [-0.05, 0) is 45.6 Å². The van der Waals surface area contributed by atoms with Gasteiger partial charge in [0.2, 0.25) is 12.4 Å². The van der Waals surface area contributed by atoms with Crippen LogP contribution in [0.3, 0.4) is 0 Å². The molecule has 5 rings (SSSR count). The lowest BCUT2D eigenvalue weighted by Crippen LogP contribution is -2.49. The van der Waals surface area contributed by atoms with E-state index in [9.17, 15) is 26.7 Å². The van der Waals surface area contributed by atoms with Crippen molar-refractivity contribution in [2.45, 2.75) is 75.2 Å².